The Morgan fingerprint density at radius 2 is 1.74 bits per heavy atom. The van der Waals surface area contributed by atoms with Crippen molar-refractivity contribution in [3.63, 3.8) is 0 Å². The number of aromatic nitrogens is 4. The van der Waals surface area contributed by atoms with Crippen LogP contribution in [0.5, 0.6) is 0 Å². The molecular formula is C24H20FN5O. The summed E-state index contributed by atoms with van der Waals surface area (Å²) >= 11 is 0. The molecule has 0 radical (unpaired) electrons. The second kappa shape index (κ2) is 8.12. The van der Waals surface area contributed by atoms with Gasteiger partial charge in [-0.1, -0.05) is 30.3 Å². The molecule has 3 aromatic heterocycles. The lowest BCUT2D eigenvalue weighted by Crippen LogP contribution is -2.06. The third-order valence-corrected chi connectivity index (χ3v) is 5.11. The van der Waals surface area contributed by atoms with E-state index in [9.17, 15) is 4.39 Å². The predicted octanol–water partition coefficient (Wildman–Crippen LogP) is 4.91. The molecule has 0 aliphatic heterocycles. The number of aryl methyl sites for hydroxylation is 1. The van der Waals surface area contributed by atoms with Crippen LogP contribution >= 0.6 is 0 Å². The molecular weight excluding hydrogens is 393 g/mol. The summed E-state index contributed by atoms with van der Waals surface area (Å²) < 4.78 is 21.4. The van der Waals surface area contributed by atoms with Gasteiger partial charge in [0.15, 0.2) is 0 Å². The maximum absolute atomic E-state index is 13.5. The van der Waals surface area contributed by atoms with Gasteiger partial charge in [-0.25, -0.2) is 14.4 Å². The molecule has 5 aromatic rings. The van der Waals surface area contributed by atoms with Crippen LogP contribution in [0, 0.1) is 5.82 Å². The van der Waals surface area contributed by atoms with Crippen LogP contribution in [0.4, 0.5) is 4.39 Å². The van der Waals surface area contributed by atoms with Gasteiger partial charge in [-0.15, -0.1) is 0 Å². The Balaban J connectivity index is 1.67. The normalized spacial score (nSPS) is 11.3. The number of rotatable bonds is 6. The second-order valence-corrected chi connectivity index (χ2v) is 7.22. The topological polar surface area (TPSA) is 82.8 Å². The summed E-state index contributed by atoms with van der Waals surface area (Å²) in [5.74, 6) is 0.427. The van der Waals surface area contributed by atoms with Gasteiger partial charge in [-0.05, 0) is 43.3 Å². The van der Waals surface area contributed by atoms with Crippen LogP contribution in [0.15, 0.2) is 77.6 Å². The molecule has 0 spiro atoms. The van der Waals surface area contributed by atoms with E-state index in [0.717, 1.165) is 40.0 Å². The van der Waals surface area contributed by atoms with E-state index in [1.807, 2.05) is 47.3 Å². The van der Waals surface area contributed by atoms with E-state index in [1.165, 1.54) is 18.5 Å². The number of halogens is 1. The summed E-state index contributed by atoms with van der Waals surface area (Å²) in [4.78, 5) is 8.87. The highest BCUT2D eigenvalue weighted by Crippen LogP contribution is 2.36. The number of nitrogens with two attached hydrogens (primary N) is 1. The third-order valence-electron chi connectivity index (χ3n) is 5.11. The Kier molecular flexibility index (Phi) is 5.01. The number of hydrogen-bond donors (Lipinski definition) is 1. The lowest BCUT2D eigenvalue weighted by Gasteiger charge is -2.03. The maximum Gasteiger partial charge on any atom is 0.230 e. The van der Waals surface area contributed by atoms with Crippen LogP contribution < -0.4 is 5.73 Å². The van der Waals surface area contributed by atoms with Gasteiger partial charge < -0.3 is 10.2 Å². The largest absolute Gasteiger partial charge is 0.438 e. The Labute approximate surface area is 178 Å². The van der Waals surface area contributed by atoms with Gasteiger partial charge in [0.2, 0.25) is 5.71 Å². The molecule has 6 nitrogen and oxygen atoms in total. The fourth-order valence-electron chi connectivity index (χ4n) is 3.60. The molecule has 0 aliphatic rings. The van der Waals surface area contributed by atoms with E-state index in [0.29, 0.717) is 24.5 Å². The summed E-state index contributed by atoms with van der Waals surface area (Å²) in [6.45, 7) is 1.25. The van der Waals surface area contributed by atoms with Gasteiger partial charge in [0, 0.05) is 29.4 Å². The first kappa shape index (κ1) is 19.1. The zero-order chi connectivity index (χ0) is 21.2. The minimum Gasteiger partial charge on any atom is -0.438 e. The Morgan fingerprint density at radius 3 is 2.52 bits per heavy atom. The number of benzene rings is 2. The number of fused-ring (bicyclic) bond motifs is 1. The molecule has 2 aromatic carbocycles. The first-order chi connectivity index (χ1) is 15.2. The van der Waals surface area contributed by atoms with E-state index in [1.54, 1.807) is 12.1 Å². The molecule has 0 bridgehead atoms. The first-order valence-corrected chi connectivity index (χ1v) is 10.1. The molecule has 0 atom stereocenters. The lowest BCUT2D eigenvalue weighted by atomic mass is 10.0. The van der Waals surface area contributed by atoms with Crippen molar-refractivity contribution in [2.24, 2.45) is 5.73 Å². The van der Waals surface area contributed by atoms with Crippen molar-refractivity contribution in [3.8, 4) is 33.8 Å². The molecule has 3 heterocycles. The van der Waals surface area contributed by atoms with Gasteiger partial charge >= 0.3 is 0 Å². The smallest absolute Gasteiger partial charge is 0.230 e. The van der Waals surface area contributed by atoms with Crippen molar-refractivity contribution >= 4 is 11.1 Å². The van der Waals surface area contributed by atoms with Crippen LogP contribution in [0.25, 0.3) is 44.9 Å². The molecule has 154 valence electrons. The zero-order valence-electron chi connectivity index (χ0n) is 16.7. The summed E-state index contributed by atoms with van der Waals surface area (Å²) in [7, 11) is 0. The Bertz CT molecular complexity index is 1330. The predicted molar refractivity (Wildman–Crippen MR) is 118 cm³/mol. The van der Waals surface area contributed by atoms with Crippen LogP contribution in [0.2, 0.25) is 0 Å². The summed E-state index contributed by atoms with van der Waals surface area (Å²) in [5.41, 5.74) is 10.2. The van der Waals surface area contributed by atoms with Gasteiger partial charge in [0.1, 0.15) is 23.6 Å². The quantitative estimate of drug-likeness (QED) is 0.428. The van der Waals surface area contributed by atoms with E-state index in [4.69, 9.17) is 15.2 Å². The molecule has 2 N–H and O–H groups in total. The maximum atomic E-state index is 13.5. The lowest BCUT2D eigenvalue weighted by molar-refractivity contribution is 0.586. The third kappa shape index (κ3) is 3.71. The van der Waals surface area contributed by atoms with E-state index in [2.05, 4.69) is 9.97 Å². The van der Waals surface area contributed by atoms with Crippen LogP contribution in [-0.2, 0) is 6.54 Å². The van der Waals surface area contributed by atoms with Crippen LogP contribution in [0.1, 0.15) is 6.42 Å². The van der Waals surface area contributed by atoms with Crippen molar-refractivity contribution in [2.45, 2.75) is 13.0 Å². The number of furan rings is 1. The van der Waals surface area contributed by atoms with Crippen molar-refractivity contribution < 1.29 is 8.81 Å². The van der Waals surface area contributed by atoms with Gasteiger partial charge in [-0.3, -0.25) is 4.68 Å². The molecule has 0 amide bonds. The van der Waals surface area contributed by atoms with Crippen LogP contribution in [0.3, 0.4) is 0 Å². The van der Waals surface area contributed by atoms with Crippen molar-refractivity contribution in [1.29, 1.82) is 0 Å². The van der Waals surface area contributed by atoms with E-state index in [-0.39, 0.29) is 5.82 Å². The summed E-state index contributed by atoms with van der Waals surface area (Å²) in [6.07, 6.45) is 4.24. The van der Waals surface area contributed by atoms with Crippen molar-refractivity contribution in [2.75, 3.05) is 6.54 Å². The molecule has 0 aliphatic carbocycles. The summed E-state index contributed by atoms with van der Waals surface area (Å²) in [5, 5.41) is 5.54. The SMILES string of the molecule is NCCCn1cc(-c2ncnc3oc(-c4ccccc4)cc23)c(-c2ccc(F)cc2)n1. The second-order valence-electron chi connectivity index (χ2n) is 7.22. The number of hydrogen-bond acceptors (Lipinski definition) is 5. The van der Waals surface area contributed by atoms with Gasteiger partial charge in [0.05, 0.1) is 11.1 Å². The highest BCUT2D eigenvalue weighted by Gasteiger charge is 2.19. The Morgan fingerprint density at radius 1 is 0.935 bits per heavy atom. The molecule has 0 saturated heterocycles. The van der Waals surface area contributed by atoms with E-state index < -0.39 is 0 Å². The number of nitrogens with zero attached hydrogens (tertiary/aromatic N) is 4. The standard InChI is InChI=1S/C24H20FN5O/c25-18-9-7-17(8-10-18)22-20(14-30(29-22)12-4-11-26)23-19-13-21(16-5-2-1-3-6-16)31-24(19)28-15-27-23/h1-3,5-10,13-15H,4,11-12,26H2. The highest BCUT2D eigenvalue weighted by molar-refractivity contribution is 5.95. The molecule has 5 rings (SSSR count). The molecule has 0 fully saturated rings. The minimum atomic E-state index is -0.292. The van der Waals surface area contributed by atoms with Crippen molar-refractivity contribution in [3.05, 3.63) is 79.0 Å². The van der Waals surface area contributed by atoms with Gasteiger partial charge in [0.25, 0.3) is 0 Å². The van der Waals surface area contributed by atoms with Crippen LogP contribution in [-0.4, -0.2) is 26.3 Å². The minimum absolute atomic E-state index is 0.292. The van der Waals surface area contributed by atoms with Crippen molar-refractivity contribution in [1.82, 2.24) is 19.7 Å². The molecule has 7 heteroatoms. The van der Waals surface area contributed by atoms with Gasteiger partial charge in [-0.2, -0.15) is 5.10 Å². The first-order valence-electron chi connectivity index (χ1n) is 10.1. The highest BCUT2D eigenvalue weighted by atomic mass is 19.1. The average molecular weight is 413 g/mol. The molecule has 0 unspecified atom stereocenters. The molecule has 0 saturated carbocycles. The van der Waals surface area contributed by atoms with E-state index >= 15 is 0 Å². The monoisotopic (exact) mass is 413 g/mol. The average Bonchev–Trinajstić information content (AvgIpc) is 3.43. The summed E-state index contributed by atoms with van der Waals surface area (Å²) in [6, 6.07) is 18.1. The fourth-order valence-corrected chi connectivity index (χ4v) is 3.60. The molecule has 31 heavy (non-hydrogen) atoms. The fraction of sp³-hybridized carbons (Fsp3) is 0.125. The zero-order valence-corrected chi connectivity index (χ0v) is 16.7. The Hall–Kier alpha value is -3.84.